The second kappa shape index (κ2) is 5.62. The minimum atomic E-state index is -1.64. The van der Waals surface area contributed by atoms with Gasteiger partial charge in [0, 0.05) is 11.3 Å². The summed E-state index contributed by atoms with van der Waals surface area (Å²) in [5.74, 6) is 0.492. The van der Waals surface area contributed by atoms with E-state index in [1.165, 1.54) is 18.2 Å². The van der Waals surface area contributed by atoms with Crippen molar-refractivity contribution in [2.45, 2.75) is 39.2 Å². The van der Waals surface area contributed by atoms with E-state index < -0.39 is 12.9 Å². The Labute approximate surface area is 123 Å². The average molecular weight is 288 g/mol. The van der Waals surface area contributed by atoms with E-state index in [1.54, 1.807) is 12.1 Å². The Morgan fingerprint density at radius 2 is 2.05 bits per heavy atom. The molecule has 0 amide bonds. The van der Waals surface area contributed by atoms with Gasteiger partial charge in [-0.2, -0.15) is 0 Å². The molecule has 110 valence electrons. The fourth-order valence-electron chi connectivity index (χ4n) is 2.97. The van der Waals surface area contributed by atoms with Gasteiger partial charge in [-0.05, 0) is 44.1 Å². The fourth-order valence-corrected chi connectivity index (χ4v) is 2.97. The van der Waals surface area contributed by atoms with E-state index in [0.717, 1.165) is 30.8 Å². The second-order valence-electron chi connectivity index (χ2n) is 5.57. The molecule has 2 N–H and O–H groups in total. The molecule has 0 atom stereocenters. The van der Waals surface area contributed by atoms with Gasteiger partial charge in [-0.25, -0.2) is 9.37 Å². The Morgan fingerprint density at radius 1 is 1.29 bits per heavy atom. The lowest BCUT2D eigenvalue weighted by atomic mass is 9.80. The molecule has 0 unspecified atom stereocenters. The largest absolute Gasteiger partial charge is 0.488 e. The van der Waals surface area contributed by atoms with E-state index in [1.807, 2.05) is 6.92 Å². The number of fused-ring (bicyclic) bond motifs is 1. The number of halogens is 1. The number of aryl methyl sites for hydroxylation is 2. The van der Waals surface area contributed by atoms with E-state index in [9.17, 15) is 4.39 Å². The standard InChI is InChI=1S/C15H18BFN2O2/c1-10-18-14-4-2-3-5-15(14)19(10)9-11-6-7-12(16(20)21)8-13(11)17/h6-8,20-21H,2-5,9H2,1H3. The second-order valence-corrected chi connectivity index (χ2v) is 5.57. The van der Waals surface area contributed by atoms with Crippen LogP contribution in [-0.2, 0) is 19.4 Å². The van der Waals surface area contributed by atoms with Gasteiger partial charge in [0.2, 0.25) is 0 Å². The molecule has 0 radical (unpaired) electrons. The molecule has 2 aromatic rings. The molecule has 1 aliphatic rings. The third kappa shape index (κ3) is 2.73. The smallest absolute Gasteiger partial charge is 0.423 e. The van der Waals surface area contributed by atoms with Crippen LogP contribution in [0.4, 0.5) is 4.39 Å². The number of nitrogens with zero attached hydrogens (tertiary/aromatic N) is 2. The predicted molar refractivity (Wildman–Crippen MR) is 78.9 cm³/mol. The molecule has 1 aliphatic carbocycles. The van der Waals surface area contributed by atoms with Crippen molar-refractivity contribution in [2.75, 3.05) is 0 Å². The van der Waals surface area contributed by atoms with Crippen LogP contribution in [0.2, 0.25) is 0 Å². The third-order valence-electron chi connectivity index (χ3n) is 4.13. The zero-order valence-corrected chi connectivity index (χ0v) is 12.0. The molecule has 0 saturated heterocycles. The van der Waals surface area contributed by atoms with Gasteiger partial charge < -0.3 is 14.6 Å². The summed E-state index contributed by atoms with van der Waals surface area (Å²) in [5, 5.41) is 18.1. The summed E-state index contributed by atoms with van der Waals surface area (Å²) in [6.07, 6.45) is 4.31. The van der Waals surface area contributed by atoms with Gasteiger partial charge in [0.15, 0.2) is 0 Å². The Kier molecular flexibility index (Phi) is 3.82. The van der Waals surface area contributed by atoms with Gasteiger partial charge in [0.25, 0.3) is 0 Å². The van der Waals surface area contributed by atoms with Crippen molar-refractivity contribution in [2.24, 2.45) is 0 Å². The number of imidazole rings is 1. The highest BCUT2D eigenvalue weighted by Gasteiger charge is 2.19. The summed E-state index contributed by atoms with van der Waals surface area (Å²) in [4.78, 5) is 4.58. The lowest BCUT2D eigenvalue weighted by Crippen LogP contribution is -2.30. The lowest BCUT2D eigenvalue weighted by Gasteiger charge is -2.15. The molecular formula is C15H18BFN2O2. The molecule has 0 aliphatic heterocycles. The number of aromatic nitrogens is 2. The van der Waals surface area contributed by atoms with Gasteiger partial charge in [0.1, 0.15) is 11.6 Å². The van der Waals surface area contributed by atoms with Gasteiger partial charge in [-0.1, -0.05) is 12.1 Å². The van der Waals surface area contributed by atoms with Crippen molar-refractivity contribution in [3.63, 3.8) is 0 Å². The minimum Gasteiger partial charge on any atom is -0.423 e. The fraction of sp³-hybridized carbons (Fsp3) is 0.400. The lowest BCUT2D eigenvalue weighted by molar-refractivity contribution is 0.425. The molecule has 4 nitrogen and oxygen atoms in total. The minimum absolute atomic E-state index is 0.167. The first kappa shape index (κ1) is 14.3. The van der Waals surface area contributed by atoms with Crippen molar-refractivity contribution < 1.29 is 14.4 Å². The predicted octanol–water partition coefficient (Wildman–Crippen LogP) is 0.938. The van der Waals surface area contributed by atoms with Gasteiger partial charge in [0.05, 0.1) is 12.2 Å². The Bertz CT molecular complexity index is 670. The van der Waals surface area contributed by atoms with E-state index >= 15 is 0 Å². The van der Waals surface area contributed by atoms with E-state index in [0.29, 0.717) is 12.1 Å². The monoisotopic (exact) mass is 288 g/mol. The highest BCUT2D eigenvalue weighted by Crippen LogP contribution is 2.23. The number of hydrogen-bond donors (Lipinski definition) is 2. The Hall–Kier alpha value is -1.66. The van der Waals surface area contributed by atoms with Gasteiger partial charge in [-0.15, -0.1) is 0 Å². The Balaban J connectivity index is 1.92. The maximum absolute atomic E-state index is 14.1. The molecule has 1 aromatic carbocycles. The van der Waals surface area contributed by atoms with Crippen LogP contribution in [0.25, 0.3) is 0 Å². The third-order valence-corrected chi connectivity index (χ3v) is 4.13. The van der Waals surface area contributed by atoms with Gasteiger partial charge >= 0.3 is 7.12 Å². The molecule has 21 heavy (non-hydrogen) atoms. The highest BCUT2D eigenvalue weighted by atomic mass is 19.1. The van der Waals surface area contributed by atoms with Crippen molar-refractivity contribution in [3.05, 3.63) is 46.8 Å². The van der Waals surface area contributed by atoms with Crippen LogP contribution in [0.3, 0.4) is 0 Å². The molecular weight excluding hydrogens is 270 g/mol. The van der Waals surface area contributed by atoms with Crippen molar-refractivity contribution in [1.82, 2.24) is 9.55 Å². The number of benzene rings is 1. The highest BCUT2D eigenvalue weighted by molar-refractivity contribution is 6.58. The summed E-state index contributed by atoms with van der Waals surface area (Å²) in [6, 6.07) is 4.33. The maximum atomic E-state index is 14.1. The first-order valence-electron chi connectivity index (χ1n) is 7.25. The SMILES string of the molecule is Cc1nc2c(n1Cc1ccc(B(O)O)cc1F)CCCC2. The van der Waals surface area contributed by atoms with E-state index in [-0.39, 0.29) is 5.46 Å². The first-order chi connectivity index (χ1) is 10.1. The summed E-state index contributed by atoms with van der Waals surface area (Å²) in [7, 11) is -1.64. The van der Waals surface area contributed by atoms with Crippen molar-refractivity contribution >= 4 is 12.6 Å². The quantitative estimate of drug-likeness (QED) is 0.826. The molecule has 0 fully saturated rings. The van der Waals surface area contributed by atoms with Crippen molar-refractivity contribution in [1.29, 1.82) is 0 Å². The summed E-state index contributed by atoms with van der Waals surface area (Å²) < 4.78 is 16.2. The molecule has 1 aromatic heterocycles. The number of hydrogen-bond acceptors (Lipinski definition) is 3. The molecule has 3 rings (SSSR count). The average Bonchev–Trinajstić information content (AvgIpc) is 2.77. The van der Waals surface area contributed by atoms with Crippen LogP contribution in [0.5, 0.6) is 0 Å². The molecule has 6 heteroatoms. The van der Waals surface area contributed by atoms with Crippen LogP contribution in [0.1, 0.15) is 35.6 Å². The Morgan fingerprint density at radius 3 is 2.76 bits per heavy atom. The van der Waals surface area contributed by atoms with Crippen LogP contribution >= 0.6 is 0 Å². The van der Waals surface area contributed by atoms with Crippen LogP contribution in [0, 0.1) is 12.7 Å². The van der Waals surface area contributed by atoms with Gasteiger partial charge in [-0.3, -0.25) is 0 Å². The van der Waals surface area contributed by atoms with Crippen molar-refractivity contribution in [3.8, 4) is 0 Å². The topological polar surface area (TPSA) is 58.3 Å². The van der Waals surface area contributed by atoms with Crippen LogP contribution in [-0.4, -0.2) is 26.7 Å². The van der Waals surface area contributed by atoms with Crippen LogP contribution in [0.15, 0.2) is 18.2 Å². The maximum Gasteiger partial charge on any atom is 0.488 e. The first-order valence-corrected chi connectivity index (χ1v) is 7.25. The van der Waals surface area contributed by atoms with E-state index in [4.69, 9.17) is 10.0 Å². The summed E-state index contributed by atoms with van der Waals surface area (Å²) in [6.45, 7) is 2.38. The molecule has 0 saturated carbocycles. The normalized spacial score (nSPS) is 14.1. The molecule has 1 heterocycles. The number of rotatable bonds is 3. The molecule has 0 spiro atoms. The molecule has 0 bridgehead atoms. The summed E-state index contributed by atoms with van der Waals surface area (Å²) >= 11 is 0. The zero-order valence-electron chi connectivity index (χ0n) is 12.0. The van der Waals surface area contributed by atoms with Crippen LogP contribution < -0.4 is 5.46 Å². The van der Waals surface area contributed by atoms with E-state index in [2.05, 4.69) is 9.55 Å². The zero-order chi connectivity index (χ0) is 15.0. The summed E-state index contributed by atoms with van der Waals surface area (Å²) in [5.41, 5.74) is 3.06.